The molecule has 1 saturated carbocycles. The molecule has 0 unspecified atom stereocenters. The number of H-pyrrole nitrogens is 1. The summed E-state index contributed by atoms with van der Waals surface area (Å²) in [6.45, 7) is 2.45. The highest BCUT2D eigenvalue weighted by Gasteiger charge is 2.61. The largest absolute Gasteiger partial charge is 0.357 e. The summed E-state index contributed by atoms with van der Waals surface area (Å²) in [5.74, 6) is -2.89. The number of benzene rings is 1. The maximum Gasteiger partial charge on any atom is 0.270 e. The first-order valence-corrected chi connectivity index (χ1v) is 11.3. The highest BCUT2D eigenvalue weighted by atomic mass is 19.3. The van der Waals surface area contributed by atoms with Crippen molar-refractivity contribution in [3.05, 3.63) is 82.0 Å². The molecule has 1 saturated heterocycles. The van der Waals surface area contributed by atoms with Crippen LogP contribution in [0, 0.1) is 5.41 Å². The molecule has 6 rings (SSSR count). The molecule has 4 heterocycles. The number of nitrogens with one attached hydrogen (secondary N) is 2. The first-order valence-electron chi connectivity index (χ1n) is 11.3. The maximum atomic E-state index is 13.2. The van der Waals surface area contributed by atoms with Crippen molar-refractivity contribution < 1.29 is 13.6 Å². The van der Waals surface area contributed by atoms with Crippen LogP contribution in [0.1, 0.15) is 34.6 Å². The predicted molar refractivity (Wildman–Crippen MR) is 123 cm³/mol. The third kappa shape index (κ3) is 3.75. The molecule has 1 spiro atoms. The Labute approximate surface area is 193 Å². The minimum absolute atomic E-state index is 0.0158. The van der Waals surface area contributed by atoms with E-state index in [-0.39, 0.29) is 29.5 Å². The Morgan fingerprint density at radius 3 is 2.74 bits per heavy atom. The second-order valence-electron chi connectivity index (χ2n) is 9.66. The van der Waals surface area contributed by atoms with Gasteiger partial charge in [0.2, 0.25) is 5.92 Å². The number of halogens is 2. The van der Waals surface area contributed by atoms with Gasteiger partial charge in [0, 0.05) is 67.9 Å². The van der Waals surface area contributed by atoms with Gasteiger partial charge in [-0.25, -0.2) is 13.8 Å². The summed E-state index contributed by atoms with van der Waals surface area (Å²) in [4.78, 5) is 34.7. The summed E-state index contributed by atoms with van der Waals surface area (Å²) in [6, 6.07) is 14.4. The lowest BCUT2D eigenvalue weighted by Crippen LogP contribution is -2.65. The topological polar surface area (TPSA) is 82.5 Å². The number of nitrogens with zero attached hydrogens (tertiary/aromatic N) is 3. The van der Waals surface area contributed by atoms with E-state index in [0.717, 1.165) is 35.2 Å². The van der Waals surface area contributed by atoms with Crippen LogP contribution in [0.4, 0.5) is 8.78 Å². The zero-order chi connectivity index (χ0) is 23.5. The molecule has 0 bridgehead atoms. The van der Waals surface area contributed by atoms with E-state index in [0.29, 0.717) is 18.7 Å². The number of carbonyl (C=O) groups is 1. The Balaban J connectivity index is 1.10. The van der Waals surface area contributed by atoms with E-state index in [9.17, 15) is 18.4 Å². The van der Waals surface area contributed by atoms with Crippen LogP contribution in [0.5, 0.6) is 0 Å². The molecular formula is C25H23F2N5O2. The fourth-order valence-electron chi connectivity index (χ4n) is 5.40. The maximum absolute atomic E-state index is 13.2. The highest BCUT2D eigenvalue weighted by Crippen LogP contribution is 2.56. The van der Waals surface area contributed by atoms with Gasteiger partial charge in [0.15, 0.2) is 0 Å². The van der Waals surface area contributed by atoms with Crippen molar-refractivity contribution in [3.8, 4) is 0 Å². The van der Waals surface area contributed by atoms with Gasteiger partial charge in [0.05, 0.1) is 0 Å². The zero-order valence-electron chi connectivity index (χ0n) is 18.4. The van der Waals surface area contributed by atoms with Gasteiger partial charge in [-0.2, -0.15) is 0 Å². The number of pyridine rings is 1. The molecular weight excluding hydrogens is 440 g/mol. The molecule has 1 aliphatic carbocycles. The van der Waals surface area contributed by atoms with Crippen molar-refractivity contribution in [1.82, 2.24) is 24.6 Å². The first kappa shape index (κ1) is 21.0. The van der Waals surface area contributed by atoms with Gasteiger partial charge >= 0.3 is 0 Å². The van der Waals surface area contributed by atoms with Gasteiger partial charge in [-0.15, -0.1) is 0 Å². The van der Waals surface area contributed by atoms with Gasteiger partial charge < -0.3 is 10.3 Å². The summed E-state index contributed by atoms with van der Waals surface area (Å²) in [5, 5.41) is 3.88. The van der Waals surface area contributed by atoms with Crippen LogP contribution in [0.2, 0.25) is 0 Å². The number of alkyl halides is 2. The van der Waals surface area contributed by atoms with Crippen molar-refractivity contribution in [1.29, 1.82) is 0 Å². The molecule has 9 heteroatoms. The number of aromatic amines is 1. The summed E-state index contributed by atoms with van der Waals surface area (Å²) in [6.07, 6.45) is 1.64. The quantitative estimate of drug-likeness (QED) is 0.476. The lowest BCUT2D eigenvalue weighted by molar-refractivity contribution is -0.215. The monoisotopic (exact) mass is 463 g/mol. The lowest BCUT2D eigenvalue weighted by atomic mass is 9.61. The van der Waals surface area contributed by atoms with Crippen molar-refractivity contribution in [3.63, 3.8) is 0 Å². The van der Waals surface area contributed by atoms with Crippen LogP contribution in [-0.2, 0) is 13.1 Å². The predicted octanol–water partition coefficient (Wildman–Crippen LogP) is 3.34. The van der Waals surface area contributed by atoms with Crippen molar-refractivity contribution in [2.75, 3.05) is 13.1 Å². The minimum atomic E-state index is -2.47. The second kappa shape index (κ2) is 7.46. The number of hydrogen-bond acceptors (Lipinski definition) is 4. The van der Waals surface area contributed by atoms with Crippen molar-refractivity contribution in [2.45, 2.75) is 31.9 Å². The van der Waals surface area contributed by atoms with Crippen LogP contribution in [0.15, 0.2) is 59.5 Å². The summed E-state index contributed by atoms with van der Waals surface area (Å²) < 4.78 is 27.8. The molecule has 0 atom stereocenters. The average molecular weight is 463 g/mol. The molecule has 3 aromatic heterocycles. The molecule has 1 aromatic carbocycles. The van der Waals surface area contributed by atoms with E-state index in [1.807, 2.05) is 18.2 Å². The summed E-state index contributed by atoms with van der Waals surface area (Å²) in [7, 11) is 0. The SMILES string of the molecule is O=C(NCc1ccc2cc(CN3CC4(C3)CC(F)(F)C4)[nH]c2c1)c1cc(=O)n2ccccc2n1. The van der Waals surface area contributed by atoms with Crippen LogP contribution < -0.4 is 10.9 Å². The Kier molecular flexibility index (Phi) is 4.60. The number of hydrogen-bond donors (Lipinski definition) is 2. The Bertz CT molecular complexity index is 1480. The Hall–Kier alpha value is -3.59. The summed E-state index contributed by atoms with van der Waals surface area (Å²) in [5.41, 5.74) is 2.91. The number of carbonyl (C=O) groups excluding carboxylic acids is 1. The fraction of sp³-hybridized carbons (Fsp3) is 0.320. The zero-order valence-corrected chi connectivity index (χ0v) is 18.4. The van der Waals surface area contributed by atoms with Gasteiger partial charge in [-0.05, 0) is 35.2 Å². The van der Waals surface area contributed by atoms with E-state index >= 15 is 0 Å². The van der Waals surface area contributed by atoms with E-state index in [2.05, 4.69) is 26.3 Å². The molecule has 34 heavy (non-hydrogen) atoms. The summed E-state index contributed by atoms with van der Waals surface area (Å²) >= 11 is 0. The standard InChI is InChI=1S/C25H23F2N5O2/c26-25(27)12-24(13-25)14-31(15-24)11-18-8-17-5-4-16(7-19(17)29-18)10-28-23(34)20-9-22(33)32-6-2-1-3-21(32)30-20/h1-9,29H,10-15H2,(H,28,34). The third-order valence-corrected chi connectivity index (χ3v) is 6.78. The average Bonchev–Trinajstić information content (AvgIpc) is 3.16. The number of likely N-dealkylation sites (tertiary alicyclic amines) is 1. The van der Waals surface area contributed by atoms with E-state index in [1.54, 1.807) is 24.4 Å². The number of aromatic nitrogens is 3. The molecule has 1 aliphatic heterocycles. The fourth-order valence-corrected chi connectivity index (χ4v) is 5.40. The van der Waals surface area contributed by atoms with Crippen LogP contribution in [0.25, 0.3) is 16.6 Å². The molecule has 2 aliphatic rings. The minimum Gasteiger partial charge on any atom is -0.357 e. The highest BCUT2D eigenvalue weighted by molar-refractivity contribution is 5.92. The smallest absolute Gasteiger partial charge is 0.270 e. The van der Waals surface area contributed by atoms with Gasteiger partial charge in [0.1, 0.15) is 11.3 Å². The molecule has 174 valence electrons. The first-order chi connectivity index (χ1) is 16.3. The number of amides is 1. The van der Waals surface area contributed by atoms with E-state index in [4.69, 9.17) is 0 Å². The molecule has 7 nitrogen and oxygen atoms in total. The van der Waals surface area contributed by atoms with Crippen LogP contribution in [0.3, 0.4) is 0 Å². The van der Waals surface area contributed by atoms with Gasteiger partial charge in [0.25, 0.3) is 11.5 Å². The van der Waals surface area contributed by atoms with E-state index in [1.165, 1.54) is 10.5 Å². The molecule has 2 N–H and O–H groups in total. The second-order valence-corrected chi connectivity index (χ2v) is 9.66. The number of fused-ring (bicyclic) bond motifs is 2. The lowest BCUT2D eigenvalue weighted by Gasteiger charge is -2.58. The Morgan fingerprint density at radius 1 is 1.12 bits per heavy atom. The van der Waals surface area contributed by atoms with Gasteiger partial charge in [-0.1, -0.05) is 18.2 Å². The normalized spacial score (nSPS) is 18.6. The molecule has 1 amide bonds. The van der Waals surface area contributed by atoms with E-state index < -0.39 is 11.8 Å². The molecule has 2 fully saturated rings. The Morgan fingerprint density at radius 2 is 1.94 bits per heavy atom. The van der Waals surface area contributed by atoms with Crippen molar-refractivity contribution in [2.24, 2.45) is 5.41 Å². The molecule has 0 radical (unpaired) electrons. The van der Waals surface area contributed by atoms with Crippen molar-refractivity contribution >= 4 is 22.5 Å². The third-order valence-electron chi connectivity index (χ3n) is 6.78. The van der Waals surface area contributed by atoms with Crippen LogP contribution in [-0.4, -0.2) is 44.2 Å². The molecule has 4 aromatic rings. The van der Waals surface area contributed by atoms with Crippen LogP contribution >= 0.6 is 0 Å². The number of rotatable bonds is 5. The van der Waals surface area contributed by atoms with Gasteiger partial charge in [-0.3, -0.25) is 18.9 Å².